The number of anilines is 2. The molecule has 0 aliphatic rings. The maximum absolute atomic E-state index is 13.5. The van der Waals surface area contributed by atoms with Gasteiger partial charge in [0.15, 0.2) is 0 Å². The molecule has 0 saturated carbocycles. The number of carbonyl (C=O) groups is 2. The fourth-order valence-electron chi connectivity index (χ4n) is 3.72. The topological polar surface area (TPSA) is 117 Å². The van der Waals surface area contributed by atoms with E-state index in [1.807, 2.05) is 12.1 Å². The lowest BCUT2D eigenvalue weighted by atomic mass is 9.96. The van der Waals surface area contributed by atoms with Crippen molar-refractivity contribution in [2.75, 3.05) is 11.1 Å². The minimum atomic E-state index is -0.781. The third kappa shape index (κ3) is 5.52. The molecule has 182 valence electrons. The van der Waals surface area contributed by atoms with Crippen LogP contribution in [0, 0.1) is 0 Å². The van der Waals surface area contributed by atoms with Gasteiger partial charge in [-0.3, -0.25) is 4.79 Å². The Morgan fingerprint density at radius 2 is 1.58 bits per heavy atom. The highest BCUT2D eigenvalue weighted by molar-refractivity contribution is 6.10. The molecule has 1 aromatic heterocycles. The highest BCUT2D eigenvalue weighted by Crippen LogP contribution is 2.37. The number of pyridine rings is 1. The Morgan fingerprint density at radius 3 is 2.25 bits per heavy atom. The van der Waals surface area contributed by atoms with Crippen molar-refractivity contribution in [3.63, 3.8) is 0 Å². The van der Waals surface area contributed by atoms with Gasteiger partial charge >= 0.3 is 5.97 Å². The van der Waals surface area contributed by atoms with Gasteiger partial charge in [0, 0.05) is 22.9 Å². The van der Waals surface area contributed by atoms with E-state index in [1.165, 1.54) is 0 Å². The summed E-state index contributed by atoms with van der Waals surface area (Å²) in [7, 11) is 0. The zero-order valence-corrected chi connectivity index (χ0v) is 20.3. The number of nitrogen functional groups attached to an aromatic ring is 1. The number of hydrogen-bond donors (Lipinski definition) is 2. The maximum atomic E-state index is 13.5. The monoisotopic (exact) mass is 482 g/mol. The van der Waals surface area contributed by atoms with E-state index in [0.29, 0.717) is 33.6 Å². The van der Waals surface area contributed by atoms with Crippen LogP contribution in [0.5, 0.6) is 5.75 Å². The summed E-state index contributed by atoms with van der Waals surface area (Å²) in [5.41, 5.74) is 8.41. The van der Waals surface area contributed by atoms with Crippen LogP contribution in [0.3, 0.4) is 0 Å². The summed E-state index contributed by atoms with van der Waals surface area (Å²) < 4.78 is 5.71. The molecule has 36 heavy (non-hydrogen) atoms. The van der Waals surface area contributed by atoms with Gasteiger partial charge < -0.3 is 20.9 Å². The number of esters is 1. The molecule has 0 bridgehead atoms. The summed E-state index contributed by atoms with van der Waals surface area (Å²) in [6.45, 7) is 5.31. The van der Waals surface area contributed by atoms with Crippen molar-refractivity contribution in [3.8, 4) is 28.1 Å². The SMILES string of the molecule is CC(C)(C)OC(=O)c1c(-c2cccc(N)c2)cc(-c2ccccc2[OH2+])nc1NC(=O)c1ccccc1. The molecule has 7 heteroatoms. The molecule has 0 aliphatic carbocycles. The number of nitrogens with one attached hydrogen (secondary N) is 1. The normalized spacial score (nSPS) is 11.1. The van der Waals surface area contributed by atoms with Gasteiger partial charge in [0.25, 0.3) is 11.7 Å². The van der Waals surface area contributed by atoms with E-state index >= 15 is 0 Å². The first-order valence-corrected chi connectivity index (χ1v) is 11.4. The number of para-hydroxylation sites is 1. The number of benzene rings is 3. The average Bonchev–Trinajstić information content (AvgIpc) is 2.83. The van der Waals surface area contributed by atoms with E-state index < -0.39 is 17.5 Å². The highest BCUT2D eigenvalue weighted by atomic mass is 16.6. The van der Waals surface area contributed by atoms with Gasteiger partial charge in [-0.2, -0.15) is 0 Å². The van der Waals surface area contributed by atoms with Gasteiger partial charge in [-0.25, -0.2) is 9.78 Å². The van der Waals surface area contributed by atoms with E-state index in [2.05, 4.69) is 10.3 Å². The van der Waals surface area contributed by atoms with Crippen molar-refractivity contribution in [2.24, 2.45) is 0 Å². The lowest BCUT2D eigenvalue weighted by molar-refractivity contribution is 0.00713. The summed E-state index contributed by atoms with van der Waals surface area (Å²) >= 11 is 0. The smallest absolute Gasteiger partial charge is 0.343 e. The Hall–Kier alpha value is -4.65. The summed E-state index contributed by atoms with van der Waals surface area (Å²) in [4.78, 5) is 31.3. The molecule has 5 N–H and O–H groups in total. The number of ether oxygens (including phenoxy) is 1. The average molecular weight is 483 g/mol. The molecule has 0 atom stereocenters. The van der Waals surface area contributed by atoms with Crippen LogP contribution in [0.15, 0.2) is 84.9 Å². The van der Waals surface area contributed by atoms with E-state index in [4.69, 9.17) is 15.6 Å². The highest BCUT2D eigenvalue weighted by Gasteiger charge is 2.28. The van der Waals surface area contributed by atoms with E-state index in [1.54, 1.807) is 93.6 Å². The molecule has 3 aromatic carbocycles. The van der Waals surface area contributed by atoms with Crippen LogP contribution in [0.1, 0.15) is 41.5 Å². The predicted molar refractivity (Wildman–Crippen MR) is 142 cm³/mol. The molecule has 1 heterocycles. The Balaban J connectivity index is 1.98. The first-order valence-electron chi connectivity index (χ1n) is 11.4. The minimum Gasteiger partial charge on any atom is -0.593 e. The molecule has 0 aliphatic heterocycles. The summed E-state index contributed by atoms with van der Waals surface area (Å²) in [6, 6.07) is 24.5. The van der Waals surface area contributed by atoms with Crippen molar-refractivity contribution in [1.29, 1.82) is 0 Å². The second-order valence-corrected chi connectivity index (χ2v) is 9.27. The molecule has 0 saturated heterocycles. The number of amides is 1. The van der Waals surface area contributed by atoms with Crippen molar-refractivity contribution < 1.29 is 19.4 Å². The summed E-state index contributed by atoms with van der Waals surface area (Å²) in [5, 5.41) is 11.2. The summed E-state index contributed by atoms with van der Waals surface area (Å²) in [6.07, 6.45) is 0. The van der Waals surface area contributed by atoms with Gasteiger partial charge in [0.1, 0.15) is 17.0 Å². The standard InChI is InChI=1S/C29H27N3O4/c1-29(2,3)36-28(35)25-22(19-12-9-13-20(30)16-19)17-23(21-14-7-8-15-24(21)33)31-26(25)32-27(34)18-10-5-4-6-11-18/h4-17,33H,30H2,1-3H3,(H,31,32,34)/p+1. The molecule has 0 radical (unpaired) electrons. The zero-order chi connectivity index (χ0) is 25.9. The number of nitrogens with zero attached hydrogens (tertiary/aromatic N) is 1. The molecule has 4 rings (SSSR count). The van der Waals surface area contributed by atoms with Crippen molar-refractivity contribution in [1.82, 2.24) is 4.98 Å². The second-order valence-electron chi connectivity index (χ2n) is 9.27. The molecule has 0 fully saturated rings. The van der Waals surface area contributed by atoms with E-state index in [0.717, 1.165) is 0 Å². The van der Waals surface area contributed by atoms with Gasteiger partial charge in [-0.05, 0) is 62.7 Å². The van der Waals surface area contributed by atoms with Gasteiger partial charge in [0.05, 0.1) is 11.3 Å². The Bertz CT molecular complexity index is 1430. The van der Waals surface area contributed by atoms with Crippen LogP contribution in [-0.4, -0.2) is 27.6 Å². The van der Waals surface area contributed by atoms with Crippen molar-refractivity contribution in [2.45, 2.75) is 26.4 Å². The number of carbonyl (C=O) groups excluding carboxylic acids is 2. The van der Waals surface area contributed by atoms with Gasteiger partial charge in [-0.15, -0.1) is 0 Å². The van der Waals surface area contributed by atoms with Crippen molar-refractivity contribution >= 4 is 23.4 Å². The fourth-order valence-corrected chi connectivity index (χ4v) is 3.72. The quantitative estimate of drug-likeness (QED) is 0.217. The Labute approximate surface area is 209 Å². The van der Waals surface area contributed by atoms with Crippen LogP contribution in [0.4, 0.5) is 11.5 Å². The lowest BCUT2D eigenvalue weighted by Crippen LogP contribution is -2.26. The molecule has 0 unspecified atom stereocenters. The first kappa shape index (κ1) is 24.5. The van der Waals surface area contributed by atoms with Crippen LogP contribution in [0.25, 0.3) is 22.4 Å². The third-order valence-electron chi connectivity index (χ3n) is 5.29. The maximum Gasteiger partial charge on any atom is 0.343 e. The Morgan fingerprint density at radius 1 is 0.889 bits per heavy atom. The molecular weight excluding hydrogens is 454 g/mol. The molecule has 4 aromatic rings. The second kappa shape index (κ2) is 9.92. The number of hydrogen-bond acceptors (Lipinski definition) is 5. The van der Waals surface area contributed by atoms with Gasteiger partial charge in [0.2, 0.25) is 0 Å². The van der Waals surface area contributed by atoms with Crippen molar-refractivity contribution in [3.05, 3.63) is 96.1 Å². The minimum absolute atomic E-state index is 0.0382. The van der Waals surface area contributed by atoms with Gasteiger partial charge in [-0.1, -0.05) is 42.5 Å². The zero-order valence-electron chi connectivity index (χ0n) is 20.3. The molecule has 0 spiro atoms. The lowest BCUT2D eigenvalue weighted by Gasteiger charge is -2.22. The molecule has 1 amide bonds. The fraction of sp³-hybridized carbons (Fsp3) is 0.138. The van der Waals surface area contributed by atoms with Crippen LogP contribution >= 0.6 is 0 Å². The van der Waals surface area contributed by atoms with E-state index in [9.17, 15) is 9.59 Å². The van der Waals surface area contributed by atoms with Crippen LogP contribution in [0.2, 0.25) is 0 Å². The number of rotatable bonds is 5. The van der Waals surface area contributed by atoms with Crippen LogP contribution < -0.4 is 11.1 Å². The molecule has 7 nitrogen and oxygen atoms in total. The predicted octanol–water partition coefficient (Wildman–Crippen LogP) is 5.64. The Kier molecular flexibility index (Phi) is 6.74. The molecular formula is C29H28N3O4+. The largest absolute Gasteiger partial charge is 0.593 e. The third-order valence-corrected chi connectivity index (χ3v) is 5.29. The van der Waals surface area contributed by atoms with E-state index in [-0.39, 0.29) is 17.1 Å². The first-order chi connectivity index (χ1) is 17.1. The number of aromatic nitrogens is 1. The number of nitrogens with two attached hydrogens (primary N) is 1. The summed E-state index contributed by atoms with van der Waals surface area (Å²) in [5.74, 6) is -0.769. The van der Waals surface area contributed by atoms with Crippen LogP contribution in [-0.2, 0) is 4.74 Å².